The lowest BCUT2D eigenvalue weighted by Crippen LogP contribution is -2.47. The predicted molar refractivity (Wildman–Crippen MR) is 114 cm³/mol. The van der Waals surface area contributed by atoms with E-state index >= 15 is 0 Å². The zero-order chi connectivity index (χ0) is 19.7. The molecule has 2 aliphatic rings. The predicted octanol–water partition coefficient (Wildman–Crippen LogP) is 2.02. The lowest BCUT2D eigenvalue weighted by atomic mass is 9.78. The molecule has 0 aromatic heterocycles. The molecule has 2 aliphatic heterocycles. The van der Waals surface area contributed by atoms with Gasteiger partial charge in [-0.05, 0) is 57.8 Å². The maximum Gasteiger partial charge on any atom is 0.190 e. The fourth-order valence-electron chi connectivity index (χ4n) is 4.29. The summed E-state index contributed by atoms with van der Waals surface area (Å²) in [5, 5.41) is 7.02. The summed E-state index contributed by atoms with van der Waals surface area (Å²) in [6, 6.07) is 0. The summed E-state index contributed by atoms with van der Waals surface area (Å²) in [6.07, 6.45) is 5.15. The normalized spacial score (nSPS) is 26.6. The first-order chi connectivity index (χ1) is 12.9. The summed E-state index contributed by atoms with van der Waals surface area (Å²) in [6.45, 7) is 15.7. The van der Waals surface area contributed by atoms with Crippen LogP contribution >= 0.6 is 0 Å². The fraction of sp³-hybridized carbons (Fsp3) is 0.952. The Bertz CT molecular complexity index is 448. The monoisotopic (exact) mass is 381 g/mol. The molecule has 0 aliphatic carbocycles. The van der Waals surface area contributed by atoms with Gasteiger partial charge in [-0.2, -0.15) is 0 Å². The van der Waals surface area contributed by atoms with Crippen LogP contribution in [-0.2, 0) is 4.74 Å². The zero-order valence-electron chi connectivity index (χ0n) is 18.4. The molecular formula is C21H43N5O. The Morgan fingerprint density at radius 1 is 1.11 bits per heavy atom. The van der Waals surface area contributed by atoms with Crippen LogP contribution in [0.4, 0.5) is 0 Å². The van der Waals surface area contributed by atoms with Crippen LogP contribution in [0.3, 0.4) is 0 Å². The van der Waals surface area contributed by atoms with Crippen molar-refractivity contribution in [3.8, 4) is 0 Å². The third kappa shape index (κ3) is 7.96. The number of likely N-dealkylation sites (N-methyl/N-ethyl adjacent to an activating group) is 1. The van der Waals surface area contributed by atoms with E-state index in [1.54, 1.807) is 0 Å². The SMILES string of the molecule is CN=C(NCCCN1CCCN(C)CC1)NCC1CCCOC1C(C)(C)C. The molecule has 0 amide bonds. The van der Waals surface area contributed by atoms with Gasteiger partial charge in [-0.15, -0.1) is 0 Å². The first kappa shape index (κ1) is 22.4. The molecule has 0 bridgehead atoms. The molecule has 6 heteroatoms. The lowest BCUT2D eigenvalue weighted by molar-refractivity contribution is -0.0835. The summed E-state index contributed by atoms with van der Waals surface area (Å²) in [5.74, 6) is 1.47. The molecule has 158 valence electrons. The second-order valence-electron chi connectivity index (χ2n) is 9.29. The van der Waals surface area contributed by atoms with Gasteiger partial charge >= 0.3 is 0 Å². The van der Waals surface area contributed by atoms with Crippen LogP contribution in [0.1, 0.15) is 46.5 Å². The number of nitrogens with one attached hydrogen (secondary N) is 2. The first-order valence-electron chi connectivity index (χ1n) is 10.9. The Hall–Kier alpha value is -0.850. The van der Waals surface area contributed by atoms with E-state index in [4.69, 9.17) is 4.74 Å². The van der Waals surface area contributed by atoms with Crippen molar-refractivity contribution in [2.45, 2.75) is 52.6 Å². The third-order valence-corrected chi connectivity index (χ3v) is 5.81. The number of nitrogens with zero attached hydrogens (tertiary/aromatic N) is 3. The molecule has 2 N–H and O–H groups in total. The summed E-state index contributed by atoms with van der Waals surface area (Å²) < 4.78 is 6.10. The highest BCUT2D eigenvalue weighted by Crippen LogP contribution is 2.33. The van der Waals surface area contributed by atoms with E-state index in [0.717, 1.165) is 38.5 Å². The van der Waals surface area contributed by atoms with Crippen LogP contribution in [-0.4, -0.2) is 88.4 Å². The topological polar surface area (TPSA) is 52.1 Å². The van der Waals surface area contributed by atoms with Gasteiger partial charge in [0.2, 0.25) is 0 Å². The number of guanidine groups is 1. The van der Waals surface area contributed by atoms with Crippen molar-refractivity contribution in [1.82, 2.24) is 20.4 Å². The molecule has 2 rings (SSSR count). The summed E-state index contributed by atoms with van der Waals surface area (Å²) >= 11 is 0. The van der Waals surface area contributed by atoms with Gasteiger partial charge in [0.25, 0.3) is 0 Å². The number of ether oxygens (including phenoxy) is 1. The highest BCUT2D eigenvalue weighted by atomic mass is 16.5. The Balaban J connectivity index is 1.66. The highest BCUT2D eigenvalue weighted by molar-refractivity contribution is 5.79. The second kappa shape index (κ2) is 11.2. The fourth-order valence-corrected chi connectivity index (χ4v) is 4.29. The Labute approximate surface area is 167 Å². The quantitative estimate of drug-likeness (QED) is 0.419. The highest BCUT2D eigenvalue weighted by Gasteiger charge is 2.35. The van der Waals surface area contributed by atoms with Gasteiger partial charge in [-0.3, -0.25) is 4.99 Å². The summed E-state index contributed by atoms with van der Waals surface area (Å²) in [5.41, 5.74) is 0.185. The van der Waals surface area contributed by atoms with E-state index < -0.39 is 0 Å². The van der Waals surface area contributed by atoms with Crippen molar-refractivity contribution < 1.29 is 4.74 Å². The van der Waals surface area contributed by atoms with Gasteiger partial charge < -0.3 is 25.2 Å². The van der Waals surface area contributed by atoms with Gasteiger partial charge in [0.05, 0.1) is 6.10 Å². The van der Waals surface area contributed by atoms with Crippen molar-refractivity contribution in [3.63, 3.8) is 0 Å². The van der Waals surface area contributed by atoms with Gasteiger partial charge in [-0.25, -0.2) is 0 Å². The van der Waals surface area contributed by atoms with E-state index in [9.17, 15) is 0 Å². The van der Waals surface area contributed by atoms with Crippen molar-refractivity contribution in [2.24, 2.45) is 16.3 Å². The van der Waals surface area contributed by atoms with Gasteiger partial charge in [-0.1, -0.05) is 20.8 Å². The molecule has 2 saturated heterocycles. The van der Waals surface area contributed by atoms with Crippen LogP contribution in [0, 0.1) is 11.3 Å². The smallest absolute Gasteiger partial charge is 0.190 e. The second-order valence-corrected chi connectivity index (χ2v) is 9.29. The number of hydrogen-bond donors (Lipinski definition) is 2. The minimum Gasteiger partial charge on any atom is -0.377 e. The maximum atomic E-state index is 6.10. The lowest BCUT2D eigenvalue weighted by Gasteiger charge is -2.40. The Kier molecular flexibility index (Phi) is 9.33. The van der Waals surface area contributed by atoms with Crippen LogP contribution in [0.15, 0.2) is 4.99 Å². The summed E-state index contributed by atoms with van der Waals surface area (Å²) in [4.78, 5) is 9.43. The van der Waals surface area contributed by atoms with Crippen LogP contribution < -0.4 is 10.6 Å². The average Bonchev–Trinajstić information content (AvgIpc) is 2.85. The van der Waals surface area contributed by atoms with Crippen molar-refractivity contribution in [2.75, 3.05) is 66.5 Å². The molecule has 0 aromatic rings. The van der Waals surface area contributed by atoms with Crippen LogP contribution in [0.2, 0.25) is 0 Å². The number of rotatable bonds is 6. The zero-order valence-corrected chi connectivity index (χ0v) is 18.4. The molecule has 0 aromatic carbocycles. The average molecular weight is 382 g/mol. The van der Waals surface area contributed by atoms with E-state index in [1.165, 1.54) is 45.6 Å². The van der Waals surface area contributed by atoms with Gasteiger partial charge in [0.15, 0.2) is 5.96 Å². The molecule has 6 nitrogen and oxygen atoms in total. The third-order valence-electron chi connectivity index (χ3n) is 5.81. The van der Waals surface area contributed by atoms with Crippen LogP contribution in [0.5, 0.6) is 0 Å². The molecule has 2 heterocycles. The van der Waals surface area contributed by atoms with Gasteiger partial charge in [0, 0.05) is 45.8 Å². The molecule has 0 spiro atoms. The Morgan fingerprint density at radius 3 is 2.67 bits per heavy atom. The van der Waals surface area contributed by atoms with Crippen molar-refractivity contribution >= 4 is 5.96 Å². The van der Waals surface area contributed by atoms with Gasteiger partial charge in [0.1, 0.15) is 0 Å². The van der Waals surface area contributed by atoms with E-state index in [2.05, 4.69) is 53.2 Å². The molecule has 2 fully saturated rings. The molecule has 0 radical (unpaired) electrons. The van der Waals surface area contributed by atoms with E-state index in [1.807, 2.05) is 7.05 Å². The number of aliphatic imine (C=N–C) groups is 1. The van der Waals surface area contributed by atoms with E-state index in [0.29, 0.717) is 12.0 Å². The largest absolute Gasteiger partial charge is 0.377 e. The summed E-state index contributed by atoms with van der Waals surface area (Å²) in [7, 11) is 4.08. The standard InChI is InChI=1S/C21H43N5O/c1-21(2,3)19-18(9-6-16-27-19)17-24-20(22-4)23-10-7-12-26-13-8-11-25(5)14-15-26/h18-19H,6-17H2,1-5H3,(H2,22,23,24). The molecular weight excluding hydrogens is 338 g/mol. The maximum absolute atomic E-state index is 6.10. The van der Waals surface area contributed by atoms with E-state index in [-0.39, 0.29) is 5.41 Å². The molecule has 2 unspecified atom stereocenters. The molecule has 0 saturated carbocycles. The first-order valence-corrected chi connectivity index (χ1v) is 10.9. The minimum absolute atomic E-state index is 0.185. The Morgan fingerprint density at radius 2 is 1.93 bits per heavy atom. The van der Waals surface area contributed by atoms with Crippen molar-refractivity contribution in [3.05, 3.63) is 0 Å². The molecule has 2 atom stereocenters. The van der Waals surface area contributed by atoms with Crippen molar-refractivity contribution in [1.29, 1.82) is 0 Å². The van der Waals surface area contributed by atoms with Crippen LogP contribution in [0.25, 0.3) is 0 Å². The number of hydrogen-bond acceptors (Lipinski definition) is 4. The molecule has 27 heavy (non-hydrogen) atoms. The minimum atomic E-state index is 0.185.